The summed E-state index contributed by atoms with van der Waals surface area (Å²) in [5, 5.41) is 7.44. The van der Waals surface area contributed by atoms with Crippen molar-refractivity contribution in [2.45, 2.75) is 6.92 Å². The van der Waals surface area contributed by atoms with Crippen molar-refractivity contribution in [3.8, 4) is 11.3 Å². The molecular weight excluding hydrogens is 224 g/mol. The molecule has 3 rings (SSSR count). The van der Waals surface area contributed by atoms with Crippen LogP contribution < -0.4 is 5.32 Å². The topological polar surface area (TPSA) is 42.2 Å². The van der Waals surface area contributed by atoms with Crippen molar-refractivity contribution >= 4 is 11.2 Å². The predicted molar refractivity (Wildman–Crippen MR) is 72.7 cm³/mol. The molecule has 0 unspecified atom stereocenters. The van der Waals surface area contributed by atoms with Crippen LogP contribution in [0.3, 0.4) is 0 Å². The zero-order chi connectivity index (χ0) is 12.5. The molecule has 0 spiro atoms. The molecule has 0 bridgehead atoms. The molecule has 0 saturated carbocycles. The van der Waals surface area contributed by atoms with Gasteiger partial charge in [-0.1, -0.05) is 6.07 Å². The molecule has 0 aliphatic rings. The zero-order valence-electron chi connectivity index (χ0n) is 10.4. The molecule has 1 N–H and O–H groups in total. The third-order valence-corrected chi connectivity index (χ3v) is 2.97. The van der Waals surface area contributed by atoms with Gasteiger partial charge in [-0.3, -0.25) is 4.98 Å². The number of aryl methyl sites for hydroxylation is 1. The van der Waals surface area contributed by atoms with Crippen LogP contribution in [-0.2, 0) is 0 Å². The minimum Gasteiger partial charge on any atom is -0.385 e. The SMILES string of the molecule is CNc1cnn2cc(-c3cccc(C)n3)ccc12. The molecule has 0 fully saturated rings. The van der Waals surface area contributed by atoms with Gasteiger partial charge in [-0.25, -0.2) is 4.52 Å². The first-order chi connectivity index (χ1) is 8.78. The average Bonchev–Trinajstić information content (AvgIpc) is 2.80. The van der Waals surface area contributed by atoms with Gasteiger partial charge in [0.15, 0.2) is 0 Å². The monoisotopic (exact) mass is 238 g/mol. The van der Waals surface area contributed by atoms with Gasteiger partial charge in [0.1, 0.15) is 0 Å². The molecule has 0 atom stereocenters. The number of fused-ring (bicyclic) bond motifs is 1. The molecule has 90 valence electrons. The Balaban J connectivity index is 2.14. The van der Waals surface area contributed by atoms with Crippen molar-refractivity contribution in [1.82, 2.24) is 14.6 Å². The Morgan fingerprint density at radius 1 is 1.17 bits per heavy atom. The Morgan fingerprint density at radius 2 is 2.06 bits per heavy atom. The van der Waals surface area contributed by atoms with Crippen LogP contribution in [0.4, 0.5) is 5.69 Å². The van der Waals surface area contributed by atoms with E-state index in [-0.39, 0.29) is 0 Å². The lowest BCUT2D eigenvalue weighted by Gasteiger charge is -2.03. The summed E-state index contributed by atoms with van der Waals surface area (Å²) in [6.45, 7) is 2.00. The molecule has 0 aromatic carbocycles. The summed E-state index contributed by atoms with van der Waals surface area (Å²) < 4.78 is 1.87. The summed E-state index contributed by atoms with van der Waals surface area (Å²) in [5.74, 6) is 0. The van der Waals surface area contributed by atoms with Gasteiger partial charge in [-0.15, -0.1) is 0 Å². The van der Waals surface area contributed by atoms with Crippen molar-refractivity contribution in [2.75, 3.05) is 12.4 Å². The first-order valence-electron chi connectivity index (χ1n) is 5.87. The highest BCUT2D eigenvalue weighted by molar-refractivity contribution is 5.73. The third kappa shape index (κ3) is 1.72. The van der Waals surface area contributed by atoms with Crippen LogP contribution >= 0.6 is 0 Å². The second kappa shape index (κ2) is 4.14. The Morgan fingerprint density at radius 3 is 2.83 bits per heavy atom. The smallest absolute Gasteiger partial charge is 0.0893 e. The fourth-order valence-electron chi connectivity index (χ4n) is 2.03. The van der Waals surface area contributed by atoms with Crippen LogP contribution in [0.5, 0.6) is 0 Å². The summed E-state index contributed by atoms with van der Waals surface area (Å²) in [6, 6.07) is 10.1. The van der Waals surface area contributed by atoms with E-state index in [4.69, 9.17) is 0 Å². The minimum atomic E-state index is 0.971. The Labute approximate surface area is 105 Å². The molecule has 18 heavy (non-hydrogen) atoms. The number of pyridine rings is 2. The maximum atomic E-state index is 4.52. The highest BCUT2D eigenvalue weighted by Gasteiger charge is 2.05. The average molecular weight is 238 g/mol. The summed E-state index contributed by atoms with van der Waals surface area (Å²) in [7, 11) is 1.90. The Hall–Kier alpha value is -2.36. The van der Waals surface area contributed by atoms with E-state index in [0.29, 0.717) is 0 Å². The third-order valence-electron chi connectivity index (χ3n) is 2.97. The van der Waals surface area contributed by atoms with Gasteiger partial charge in [0.2, 0.25) is 0 Å². The van der Waals surface area contributed by atoms with E-state index in [2.05, 4.69) is 27.5 Å². The number of rotatable bonds is 2. The summed E-state index contributed by atoms with van der Waals surface area (Å²) in [6.07, 6.45) is 3.82. The van der Waals surface area contributed by atoms with Gasteiger partial charge < -0.3 is 5.32 Å². The molecule has 0 radical (unpaired) electrons. The van der Waals surface area contributed by atoms with Crippen LogP contribution in [0, 0.1) is 6.92 Å². The molecule has 0 aliphatic heterocycles. The maximum absolute atomic E-state index is 4.52. The van der Waals surface area contributed by atoms with Crippen molar-refractivity contribution in [3.05, 3.63) is 48.4 Å². The standard InChI is InChI=1S/C14H14N4/c1-10-4-3-5-12(17-10)11-6-7-14-13(15-2)8-16-18(14)9-11/h3-9,15H,1-2H3. The molecule has 3 aromatic rings. The fraction of sp³-hybridized carbons (Fsp3) is 0.143. The largest absolute Gasteiger partial charge is 0.385 e. The van der Waals surface area contributed by atoms with Gasteiger partial charge in [-0.2, -0.15) is 5.10 Å². The quantitative estimate of drug-likeness (QED) is 0.746. The van der Waals surface area contributed by atoms with Gasteiger partial charge in [0.05, 0.1) is 23.1 Å². The highest BCUT2D eigenvalue weighted by atomic mass is 15.2. The summed E-state index contributed by atoms with van der Waals surface area (Å²) in [4.78, 5) is 4.52. The van der Waals surface area contributed by atoms with Crippen molar-refractivity contribution < 1.29 is 0 Å². The molecule has 4 nitrogen and oxygen atoms in total. The van der Waals surface area contributed by atoms with E-state index in [1.165, 1.54) is 0 Å². The number of hydrogen-bond acceptors (Lipinski definition) is 3. The number of hydrogen-bond donors (Lipinski definition) is 1. The Bertz CT molecular complexity index is 700. The van der Waals surface area contributed by atoms with E-state index >= 15 is 0 Å². The van der Waals surface area contributed by atoms with E-state index < -0.39 is 0 Å². The molecule has 0 amide bonds. The van der Waals surface area contributed by atoms with E-state index in [9.17, 15) is 0 Å². The normalized spacial score (nSPS) is 10.8. The van der Waals surface area contributed by atoms with E-state index in [1.54, 1.807) is 0 Å². The van der Waals surface area contributed by atoms with E-state index in [1.807, 2.05) is 49.1 Å². The van der Waals surface area contributed by atoms with Gasteiger partial charge in [-0.05, 0) is 31.2 Å². The molecule has 3 heterocycles. The van der Waals surface area contributed by atoms with E-state index in [0.717, 1.165) is 28.2 Å². The van der Waals surface area contributed by atoms with Crippen LogP contribution in [0.1, 0.15) is 5.69 Å². The number of nitrogens with zero attached hydrogens (tertiary/aromatic N) is 3. The van der Waals surface area contributed by atoms with Gasteiger partial charge in [0, 0.05) is 24.5 Å². The molecule has 4 heteroatoms. The number of aromatic nitrogens is 3. The fourth-order valence-corrected chi connectivity index (χ4v) is 2.03. The van der Waals surface area contributed by atoms with Crippen molar-refractivity contribution in [1.29, 1.82) is 0 Å². The van der Waals surface area contributed by atoms with Crippen LogP contribution in [0.15, 0.2) is 42.7 Å². The lowest BCUT2D eigenvalue weighted by atomic mass is 10.2. The molecule has 0 aliphatic carbocycles. The van der Waals surface area contributed by atoms with Crippen LogP contribution in [-0.4, -0.2) is 21.6 Å². The van der Waals surface area contributed by atoms with Crippen LogP contribution in [0.2, 0.25) is 0 Å². The first kappa shape index (κ1) is 10.8. The number of nitrogens with one attached hydrogen (secondary N) is 1. The molecule has 0 saturated heterocycles. The predicted octanol–water partition coefficient (Wildman–Crippen LogP) is 2.75. The Kier molecular flexibility index (Phi) is 2.48. The van der Waals surface area contributed by atoms with Crippen molar-refractivity contribution in [2.24, 2.45) is 0 Å². The lowest BCUT2D eigenvalue weighted by Crippen LogP contribution is -1.92. The van der Waals surface area contributed by atoms with Crippen molar-refractivity contribution in [3.63, 3.8) is 0 Å². The zero-order valence-corrected chi connectivity index (χ0v) is 10.4. The minimum absolute atomic E-state index is 0.971. The van der Waals surface area contributed by atoms with Gasteiger partial charge >= 0.3 is 0 Å². The summed E-state index contributed by atoms with van der Waals surface area (Å²) in [5.41, 5.74) is 5.15. The molecule has 3 aromatic heterocycles. The van der Waals surface area contributed by atoms with Crippen LogP contribution in [0.25, 0.3) is 16.8 Å². The first-order valence-corrected chi connectivity index (χ1v) is 5.87. The molecular formula is C14H14N4. The maximum Gasteiger partial charge on any atom is 0.0893 e. The second-order valence-electron chi connectivity index (χ2n) is 4.22. The highest BCUT2D eigenvalue weighted by Crippen LogP contribution is 2.21. The summed E-state index contributed by atoms with van der Waals surface area (Å²) >= 11 is 0. The lowest BCUT2D eigenvalue weighted by molar-refractivity contribution is 0.961. The number of anilines is 1. The van der Waals surface area contributed by atoms with Gasteiger partial charge in [0.25, 0.3) is 0 Å². The second-order valence-corrected chi connectivity index (χ2v) is 4.22.